The maximum absolute atomic E-state index is 11.9. The van der Waals surface area contributed by atoms with Crippen LogP contribution in [0.1, 0.15) is 32.8 Å². The fourth-order valence-corrected chi connectivity index (χ4v) is 2.07. The fraction of sp³-hybridized carbons (Fsp3) is 0.500. The Morgan fingerprint density at radius 1 is 1.29 bits per heavy atom. The largest absolute Gasteiger partial charge is 0.443 e. The molecule has 0 bridgehead atoms. The highest BCUT2D eigenvalue weighted by Gasteiger charge is 2.36. The number of carbonyl (C=O) groups is 2. The number of carbonyl (C=O) groups excluding carboxylic acids is 2. The maximum Gasteiger partial charge on any atom is 0.417 e. The Morgan fingerprint density at radius 2 is 1.95 bits per heavy atom. The van der Waals surface area contributed by atoms with Crippen molar-refractivity contribution in [3.05, 3.63) is 35.9 Å². The summed E-state index contributed by atoms with van der Waals surface area (Å²) in [6.45, 7) is 6.00. The maximum atomic E-state index is 11.9. The summed E-state index contributed by atoms with van der Waals surface area (Å²) in [5.74, 6) is -0.248. The number of hydrogen-bond acceptors (Lipinski definition) is 4. The molecule has 1 atom stereocenters. The van der Waals surface area contributed by atoms with Gasteiger partial charge in [0.15, 0.2) is 0 Å². The average Bonchev–Trinajstić information content (AvgIpc) is 2.77. The minimum Gasteiger partial charge on any atom is -0.443 e. The monoisotopic (exact) mass is 291 g/mol. The lowest BCUT2D eigenvalue weighted by atomic mass is 10.2. The Hall–Kier alpha value is -1.88. The molecule has 0 saturated carbocycles. The molecule has 0 aliphatic carbocycles. The van der Waals surface area contributed by atoms with Crippen LogP contribution in [0.3, 0.4) is 0 Å². The van der Waals surface area contributed by atoms with Gasteiger partial charge in [0.25, 0.3) is 0 Å². The highest BCUT2D eigenvalue weighted by Crippen LogP contribution is 2.19. The molecule has 1 heterocycles. The van der Waals surface area contributed by atoms with E-state index in [1.807, 2.05) is 30.3 Å². The number of imide groups is 1. The molecular formula is C16H21NO4. The summed E-state index contributed by atoms with van der Waals surface area (Å²) >= 11 is 0. The Bertz CT molecular complexity index is 507. The van der Waals surface area contributed by atoms with Crippen molar-refractivity contribution < 1.29 is 19.1 Å². The summed E-state index contributed by atoms with van der Waals surface area (Å²) in [6.07, 6.45) is -0.657. The predicted molar refractivity (Wildman–Crippen MR) is 77.6 cm³/mol. The Balaban J connectivity index is 1.86. The van der Waals surface area contributed by atoms with Gasteiger partial charge in [-0.15, -0.1) is 0 Å². The van der Waals surface area contributed by atoms with Crippen molar-refractivity contribution >= 4 is 12.0 Å². The Morgan fingerprint density at radius 3 is 2.57 bits per heavy atom. The molecule has 1 aromatic carbocycles. The third-order valence-corrected chi connectivity index (χ3v) is 3.03. The summed E-state index contributed by atoms with van der Waals surface area (Å²) in [4.78, 5) is 24.9. The average molecular weight is 291 g/mol. The predicted octanol–water partition coefficient (Wildman–Crippen LogP) is 2.74. The molecule has 21 heavy (non-hydrogen) atoms. The summed E-state index contributed by atoms with van der Waals surface area (Å²) in [7, 11) is 0. The standard InChI is InChI=1S/C16H21NO4/c1-16(2,3)21-15(19)17-10-13(9-14(17)18)20-11-12-7-5-4-6-8-12/h4-8,13H,9-11H2,1-3H3. The zero-order chi connectivity index (χ0) is 15.5. The number of nitrogens with zero attached hydrogens (tertiary/aromatic N) is 1. The first-order chi connectivity index (χ1) is 9.85. The van der Waals surface area contributed by atoms with Crippen LogP contribution in [0.4, 0.5) is 4.79 Å². The van der Waals surface area contributed by atoms with E-state index in [1.54, 1.807) is 20.8 Å². The molecule has 1 aromatic rings. The van der Waals surface area contributed by atoms with Gasteiger partial charge in [-0.1, -0.05) is 30.3 Å². The molecule has 114 valence electrons. The molecule has 0 spiro atoms. The summed E-state index contributed by atoms with van der Waals surface area (Å²) in [5, 5.41) is 0. The second kappa shape index (κ2) is 6.26. The summed E-state index contributed by atoms with van der Waals surface area (Å²) in [6, 6.07) is 9.73. The molecule has 0 N–H and O–H groups in total. The number of ether oxygens (including phenoxy) is 2. The zero-order valence-corrected chi connectivity index (χ0v) is 12.7. The molecule has 2 amide bonds. The highest BCUT2D eigenvalue weighted by atomic mass is 16.6. The van der Waals surface area contributed by atoms with Crippen LogP contribution in [0.5, 0.6) is 0 Å². The van der Waals surface area contributed by atoms with Gasteiger partial charge in [-0.05, 0) is 26.3 Å². The van der Waals surface area contributed by atoms with Crippen molar-refractivity contribution in [3.8, 4) is 0 Å². The third-order valence-electron chi connectivity index (χ3n) is 3.03. The molecule has 2 rings (SSSR count). The van der Waals surface area contributed by atoms with Gasteiger partial charge in [0.05, 0.1) is 25.7 Å². The zero-order valence-electron chi connectivity index (χ0n) is 12.7. The van der Waals surface area contributed by atoms with Gasteiger partial charge < -0.3 is 9.47 Å². The lowest BCUT2D eigenvalue weighted by molar-refractivity contribution is -0.127. The SMILES string of the molecule is CC(C)(C)OC(=O)N1CC(OCc2ccccc2)CC1=O. The van der Waals surface area contributed by atoms with E-state index in [4.69, 9.17) is 9.47 Å². The molecule has 5 nitrogen and oxygen atoms in total. The molecule has 5 heteroatoms. The minimum atomic E-state index is -0.611. The normalized spacial score (nSPS) is 18.9. The van der Waals surface area contributed by atoms with Gasteiger partial charge in [0.2, 0.25) is 5.91 Å². The first kappa shape index (κ1) is 15.5. The van der Waals surface area contributed by atoms with E-state index < -0.39 is 11.7 Å². The summed E-state index contributed by atoms with van der Waals surface area (Å²) < 4.78 is 10.9. The van der Waals surface area contributed by atoms with Gasteiger partial charge in [-0.2, -0.15) is 0 Å². The fourth-order valence-electron chi connectivity index (χ4n) is 2.07. The van der Waals surface area contributed by atoms with Crippen LogP contribution in [-0.2, 0) is 20.9 Å². The number of rotatable bonds is 3. The van der Waals surface area contributed by atoms with Gasteiger partial charge in [0, 0.05) is 0 Å². The van der Waals surface area contributed by atoms with Crippen molar-refractivity contribution in [1.82, 2.24) is 4.90 Å². The molecule has 1 unspecified atom stereocenters. The van der Waals surface area contributed by atoms with E-state index in [2.05, 4.69) is 0 Å². The first-order valence-electron chi connectivity index (χ1n) is 7.04. The van der Waals surface area contributed by atoms with Crippen molar-refractivity contribution in [1.29, 1.82) is 0 Å². The van der Waals surface area contributed by atoms with Crippen LogP contribution < -0.4 is 0 Å². The van der Waals surface area contributed by atoms with E-state index >= 15 is 0 Å². The second-order valence-corrected chi connectivity index (χ2v) is 6.11. The summed E-state index contributed by atoms with van der Waals surface area (Å²) in [5.41, 5.74) is 0.432. The first-order valence-corrected chi connectivity index (χ1v) is 7.04. The molecule has 0 aromatic heterocycles. The smallest absolute Gasteiger partial charge is 0.417 e. The quantitative estimate of drug-likeness (QED) is 0.859. The van der Waals surface area contributed by atoms with Crippen LogP contribution in [0.25, 0.3) is 0 Å². The Kier molecular flexibility index (Phi) is 4.63. The van der Waals surface area contributed by atoms with E-state index in [9.17, 15) is 9.59 Å². The lowest BCUT2D eigenvalue weighted by Gasteiger charge is -2.23. The van der Waals surface area contributed by atoms with E-state index in [0.29, 0.717) is 6.61 Å². The van der Waals surface area contributed by atoms with E-state index in [1.165, 1.54) is 0 Å². The van der Waals surface area contributed by atoms with Crippen LogP contribution in [0.2, 0.25) is 0 Å². The minimum absolute atomic E-state index is 0.214. The molecule has 1 saturated heterocycles. The van der Waals surface area contributed by atoms with Crippen LogP contribution in [-0.4, -0.2) is 35.2 Å². The number of benzene rings is 1. The molecular weight excluding hydrogens is 270 g/mol. The van der Waals surface area contributed by atoms with Crippen molar-refractivity contribution in [3.63, 3.8) is 0 Å². The molecule has 0 radical (unpaired) electrons. The molecule has 1 aliphatic heterocycles. The van der Waals surface area contributed by atoms with E-state index in [-0.39, 0.29) is 25.0 Å². The lowest BCUT2D eigenvalue weighted by Crippen LogP contribution is -2.38. The van der Waals surface area contributed by atoms with Gasteiger partial charge >= 0.3 is 6.09 Å². The van der Waals surface area contributed by atoms with E-state index in [0.717, 1.165) is 10.5 Å². The molecule has 1 fully saturated rings. The second-order valence-electron chi connectivity index (χ2n) is 6.11. The number of hydrogen-bond donors (Lipinski definition) is 0. The van der Waals surface area contributed by atoms with Gasteiger partial charge in [-0.25, -0.2) is 9.69 Å². The highest BCUT2D eigenvalue weighted by molar-refractivity contribution is 5.94. The third kappa shape index (κ3) is 4.56. The van der Waals surface area contributed by atoms with Gasteiger partial charge in [-0.3, -0.25) is 4.79 Å². The van der Waals surface area contributed by atoms with Crippen LogP contribution in [0.15, 0.2) is 30.3 Å². The van der Waals surface area contributed by atoms with Crippen molar-refractivity contribution in [2.45, 2.75) is 45.5 Å². The number of likely N-dealkylation sites (tertiary alicyclic amines) is 1. The van der Waals surface area contributed by atoms with Gasteiger partial charge in [0.1, 0.15) is 5.60 Å². The Labute approximate surface area is 124 Å². The number of amides is 2. The molecule has 1 aliphatic rings. The van der Waals surface area contributed by atoms with Crippen molar-refractivity contribution in [2.24, 2.45) is 0 Å². The topological polar surface area (TPSA) is 55.8 Å². The van der Waals surface area contributed by atoms with Crippen molar-refractivity contribution in [2.75, 3.05) is 6.54 Å². The van der Waals surface area contributed by atoms with Crippen LogP contribution >= 0.6 is 0 Å². The van der Waals surface area contributed by atoms with Crippen LogP contribution in [0, 0.1) is 0 Å².